The van der Waals surface area contributed by atoms with E-state index in [2.05, 4.69) is 5.32 Å². The highest BCUT2D eigenvalue weighted by Gasteiger charge is 2.57. The van der Waals surface area contributed by atoms with Gasteiger partial charge in [-0.2, -0.15) is 0 Å². The molecule has 1 N–H and O–H groups in total. The summed E-state index contributed by atoms with van der Waals surface area (Å²) in [5.41, 5.74) is 0.378. The Bertz CT molecular complexity index is 1080. The molecule has 1 aliphatic heterocycles. The average Bonchev–Trinajstić information content (AvgIpc) is 3.32. The van der Waals surface area contributed by atoms with Crippen molar-refractivity contribution in [2.45, 2.75) is 17.2 Å². The van der Waals surface area contributed by atoms with Crippen LogP contribution in [0.25, 0.3) is 0 Å². The Hall–Kier alpha value is -2.95. The van der Waals surface area contributed by atoms with E-state index in [1.54, 1.807) is 0 Å². The van der Waals surface area contributed by atoms with Crippen LogP contribution in [0.1, 0.15) is 6.42 Å². The quantitative estimate of drug-likeness (QED) is 0.765. The third-order valence-corrected chi connectivity index (χ3v) is 6.63. The van der Waals surface area contributed by atoms with Gasteiger partial charge in [0, 0.05) is 12.1 Å². The summed E-state index contributed by atoms with van der Waals surface area (Å²) in [7, 11) is -4.00. The Morgan fingerprint density at radius 2 is 1.93 bits per heavy atom. The molecule has 4 rings (SSSR count). The first-order valence-corrected chi connectivity index (χ1v) is 10.5. The number of amides is 1. The van der Waals surface area contributed by atoms with Crippen molar-refractivity contribution in [3.8, 4) is 5.75 Å². The van der Waals surface area contributed by atoms with Gasteiger partial charge in [0.2, 0.25) is 0 Å². The monoisotopic (exact) mass is 442 g/mol. The van der Waals surface area contributed by atoms with E-state index in [0.29, 0.717) is 0 Å². The van der Waals surface area contributed by atoms with Crippen molar-refractivity contribution in [3.63, 3.8) is 0 Å². The summed E-state index contributed by atoms with van der Waals surface area (Å²) in [4.78, 5) is 11.8. The molecule has 2 aromatic rings. The normalized spacial score (nSPS) is 19.4. The fourth-order valence-electron chi connectivity index (χ4n) is 3.04. The standard InChI is InChI=1S/C19H17F3N2O5S/c20-13-1-4-15(5-2-13)30(26,27)24-7-8-28-17-6-3-14(9-16(17)24)23-18(25)29-11-12-10-19(12,21)22/h1-6,9,12H,7-8,10-11H2,(H,23,25). The summed E-state index contributed by atoms with van der Waals surface area (Å²) in [5, 5.41) is 2.39. The van der Waals surface area contributed by atoms with E-state index in [0.717, 1.165) is 28.6 Å². The molecule has 1 amide bonds. The number of ether oxygens (including phenoxy) is 2. The van der Waals surface area contributed by atoms with Crippen LogP contribution in [0.15, 0.2) is 47.4 Å². The molecule has 0 aromatic heterocycles. The molecule has 0 spiro atoms. The number of anilines is 2. The van der Waals surface area contributed by atoms with Crippen molar-refractivity contribution in [2.24, 2.45) is 5.92 Å². The van der Waals surface area contributed by atoms with Crippen LogP contribution in [0, 0.1) is 11.7 Å². The van der Waals surface area contributed by atoms with Crippen LogP contribution in [-0.4, -0.2) is 40.2 Å². The second-order valence-electron chi connectivity index (χ2n) is 6.95. The molecule has 2 aromatic carbocycles. The van der Waals surface area contributed by atoms with Crippen molar-refractivity contribution in [1.29, 1.82) is 0 Å². The fourth-order valence-corrected chi connectivity index (χ4v) is 4.49. The number of rotatable bonds is 5. The largest absolute Gasteiger partial charge is 0.489 e. The molecule has 160 valence electrons. The number of nitrogens with zero attached hydrogens (tertiary/aromatic N) is 1. The SMILES string of the molecule is O=C(Nc1ccc2c(c1)N(S(=O)(=O)c1ccc(F)cc1)CCO2)OCC1CC1(F)F. The Morgan fingerprint density at radius 3 is 2.60 bits per heavy atom. The number of carbonyl (C=O) groups is 1. The van der Waals surface area contributed by atoms with Crippen molar-refractivity contribution in [2.75, 3.05) is 29.4 Å². The van der Waals surface area contributed by atoms with Gasteiger partial charge in [0.05, 0.1) is 23.0 Å². The van der Waals surface area contributed by atoms with Gasteiger partial charge in [-0.05, 0) is 42.5 Å². The minimum atomic E-state index is -4.00. The first-order valence-electron chi connectivity index (χ1n) is 9.03. The first-order chi connectivity index (χ1) is 14.2. The van der Waals surface area contributed by atoms with Crippen LogP contribution in [0.4, 0.5) is 29.3 Å². The molecule has 1 fully saturated rings. The van der Waals surface area contributed by atoms with Gasteiger partial charge >= 0.3 is 6.09 Å². The summed E-state index contributed by atoms with van der Waals surface area (Å²) >= 11 is 0. The van der Waals surface area contributed by atoms with E-state index in [-0.39, 0.29) is 41.6 Å². The summed E-state index contributed by atoms with van der Waals surface area (Å²) in [6.07, 6.45) is -1.24. The number of carbonyl (C=O) groups excluding carboxylic acids is 1. The summed E-state index contributed by atoms with van der Waals surface area (Å²) in [6.45, 7) is -0.285. The number of fused-ring (bicyclic) bond motifs is 1. The average molecular weight is 442 g/mol. The van der Waals surface area contributed by atoms with E-state index in [1.165, 1.54) is 18.2 Å². The number of nitrogens with one attached hydrogen (secondary N) is 1. The lowest BCUT2D eigenvalue weighted by molar-refractivity contribution is 0.0757. The van der Waals surface area contributed by atoms with Gasteiger partial charge in [0.15, 0.2) is 0 Å². The molecule has 30 heavy (non-hydrogen) atoms. The molecule has 1 atom stereocenters. The molecule has 1 unspecified atom stereocenters. The molecule has 2 aliphatic rings. The molecular formula is C19H17F3N2O5S. The lowest BCUT2D eigenvalue weighted by atomic mass is 10.2. The number of hydrogen-bond acceptors (Lipinski definition) is 5. The van der Waals surface area contributed by atoms with Crippen molar-refractivity contribution >= 4 is 27.5 Å². The zero-order valence-electron chi connectivity index (χ0n) is 15.5. The van der Waals surface area contributed by atoms with Crippen LogP contribution in [0.2, 0.25) is 0 Å². The second-order valence-corrected chi connectivity index (χ2v) is 8.81. The molecule has 1 aliphatic carbocycles. The minimum absolute atomic E-state index is 0.0113. The maximum Gasteiger partial charge on any atom is 0.411 e. The third-order valence-electron chi connectivity index (χ3n) is 4.80. The predicted molar refractivity (Wildman–Crippen MR) is 101 cm³/mol. The van der Waals surface area contributed by atoms with Crippen molar-refractivity contribution < 1.29 is 35.9 Å². The van der Waals surface area contributed by atoms with Gasteiger partial charge in [-0.15, -0.1) is 0 Å². The maximum atomic E-state index is 13.2. The van der Waals surface area contributed by atoms with Crippen LogP contribution >= 0.6 is 0 Å². The zero-order chi connectivity index (χ0) is 21.5. The Kier molecular flexibility index (Phi) is 5.00. The van der Waals surface area contributed by atoms with E-state index >= 15 is 0 Å². The highest BCUT2D eigenvalue weighted by atomic mass is 32.2. The highest BCUT2D eigenvalue weighted by Crippen LogP contribution is 2.48. The molecule has 1 saturated carbocycles. The first kappa shape index (κ1) is 20.3. The zero-order valence-corrected chi connectivity index (χ0v) is 16.3. The van der Waals surface area contributed by atoms with Gasteiger partial charge < -0.3 is 9.47 Å². The number of halogens is 3. The predicted octanol–water partition coefficient (Wildman–Crippen LogP) is 3.62. The van der Waals surface area contributed by atoms with Crippen LogP contribution in [0.5, 0.6) is 5.75 Å². The fraction of sp³-hybridized carbons (Fsp3) is 0.316. The number of hydrogen-bond donors (Lipinski definition) is 1. The summed E-state index contributed by atoms with van der Waals surface area (Å²) < 4.78 is 76.3. The number of benzene rings is 2. The Morgan fingerprint density at radius 1 is 1.23 bits per heavy atom. The Balaban J connectivity index is 1.52. The van der Waals surface area contributed by atoms with Gasteiger partial charge in [-0.25, -0.2) is 26.4 Å². The molecule has 0 bridgehead atoms. The number of alkyl halides is 2. The molecular weight excluding hydrogens is 425 g/mol. The van der Waals surface area contributed by atoms with Gasteiger partial charge in [0.25, 0.3) is 15.9 Å². The van der Waals surface area contributed by atoms with Crippen molar-refractivity contribution in [3.05, 3.63) is 48.3 Å². The van der Waals surface area contributed by atoms with Crippen LogP contribution in [0.3, 0.4) is 0 Å². The van der Waals surface area contributed by atoms with Gasteiger partial charge in [0.1, 0.15) is 24.8 Å². The minimum Gasteiger partial charge on any atom is -0.489 e. The molecule has 7 nitrogen and oxygen atoms in total. The topological polar surface area (TPSA) is 84.9 Å². The lowest BCUT2D eigenvalue weighted by Crippen LogP contribution is -2.38. The van der Waals surface area contributed by atoms with Gasteiger partial charge in [-0.1, -0.05) is 0 Å². The molecule has 11 heteroatoms. The van der Waals surface area contributed by atoms with E-state index < -0.39 is 40.4 Å². The highest BCUT2D eigenvalue weighted by molar-refractivity contribution is 7.92. The number of sulfonamides is 1. The smallest absolute Gasteiger partial charge is 0.411 e. The van der Waals surface area contributed by atoms with Gasteiger partial charge in [-0.3, -0.25) is 9.62 Å². The second kappa shape index (κ2) is 7.38. The third kappa shape index (κ3) is 4.02. The summed E-state index contributed by atoms with van der Waals surface area (Å²) in [6, 6.07) is 8.74. The van der Waals surface area contributed by atoms with Crippen molar-refractivity contribution in [1.82, 2.24) is 0 Å². The van der Waals surface area contributed by atoms with Crippen LogP contribution < -0.4 is 14.4 Å². The Labute approximate surface area is 170 Å². The van der Waals surface area contributed by atoms with E-state index in [9.17, 15) is 26.4 Å². The van der Waals surface area contributed by atoms with E-state index in [1.807, 2.05) is 0 Å². The molecule has 0 radical (unpaired) electrons. The maximum absolute atomic E-state index is 13.2. The molecule has 1 heterocycles. The van der Waals surface area contributed by atoms with Crippen LogP contribution in [-0.2, 0) is 14.8 Å². The lowest BCUT2D eigenvalue weighted by Gasteiger charge is -2.30. The van der Waals surface area contributed by atoms with E-state index in [4.69, 9.17) is 9.47 Å². The summed E-state index contributed by atoms with van der Waals surface area (Å²) in [5.74, 6) is -4.05. The molecule has 0 saturated heterocycles.